The number of hydrazone groups is 1. The molecule has 0 radical (unpaired) electrons. The van der Waals surface area contributed by atoms with Gasteiger partial charge in [0.2, 0.25) is 0 Å². The van der Waals surface area contributed by atoms with Gasteiger partial charge < -0.3 is 5.11 Å². The zero-order chi connectivity index (χ0) is 17.3. The number of phenols is 1. The lowest BCUT2D eigenvalue weighted by molar-refractivity contribution is 0.0959. The molecule has 1 amide bonds. The van der Waals surface area contributed by atoms with Gasteiger partial charge in [-0.2, -0.15) is 5.10 Å². The Hall–Kier alpha value is -1.85. The molecule has 24 heavy (non-hydrogen) atoms. The monoisotopic (exact) mass is 362 g/mol. The predicted octanol–water partition coefficient (Wildman–Crippen LogP) is 4.39. The predicted molar refractivity (Wildman–Crippen MR) is 98.3 cm³/mol. The molecular formula is C18H19ClN2O2S. The highest BCUT2D eigenvalue weighted by Crippen LogP contribution is 2.32. The van der Waals surface area contributed by atoms with Crippen LogP contribution in [0.2, 0.25) is 5.02 Å². The number of thiophene rings is 1. The molecule has 126 valence electrons. The van der Waals surface area contributed by atoms with Crippen LogP contribution >= 0.6 is 22.9 Å². The first kappa shape index (κ1) is 17.0. The van der Waals surface area contributed by atoms with Crippen LogP contribution in [-0.4, -0.2) is 16.7 Å². The highest BCUT2D eigenvalue weighted by atomic mass is 35.5. The molecule has 3 rings (SSSR count). The van der Waals surface area contributed by atoms with Crippen molar-refractivity contribution in [3.05, 3.63) is 50.2 Å². The largest absolute Gasteiger partial charge is 0.507 e. The van der Waals surface area contributed by atoms with Gasteiger partial charge in [-0.15, -0.1) is 11.3 Å². The van der Waals surface area contributed by atoms with Gasteiger partial charge in [-0.25, -0.2) is 5.43 Å². The molecule has 1 atom stereocenters. The summed E-state index contributed by atoms with van der Waals surface area (Å²) in [5.41, 5.74) is 4.86. The summed E-state index contributed by atoms with van der Waals surface area (Å²) in [6.45, 7) is 3.96. The van der Waals surface area contributed by atoms with Crippen molar-refractivity contribution in [1.82, 2.24) is 5.43 Å². The minimum absolute atomic E-state index is 0.0791. The number of benzene rings is 1. The molecule has 1 aromatic heterocycles. The highest BCUT2D eigenvalue weighted by Gasteiger charge is 2.20. The second-order valence-corrected chi connectivity index (χ2v) is 7.78. The van der Waals surface area contributed by atoms with Crippen LogP contribution in [-0.2, 0) is 12.8 Å². The maximum atomic E-state index is 12.3. The van der Waals surface area contributed by atoms with Crippen LogP contribution in [0.3, 0.4) is 0 Å². The Bertz CT molecular complexity index is 813. The minimum Gasteiger partial charge on any atom is -0.507 e. The zero-order valence-corrected chi connectivity index (χ0v) is 15.2. The molecule has 1 aliphatic carbocycles. The van der Waals surface area contributed by atoms with Gasteiger partial charge in [-0.1, -0.05) is 18.5 Å². The van der Waals surface area contributed by atoms with Crippen molar-refractivity contribution < 1.29 is 9.90 Å². The fourth-order valence-corrected chi connectivity index (χ4v) is 4.14. The standard InChI is InChI=1S/C18H19ClN2O2S/c1-10-3-6-16-12(7-10)8-17(24-16)18(23)21-20-11(2)14-9-13(19)4-5-15(14)22/h4-5,8-10,22H,3,6-7H2,1-2H3,(H,21,23)/b20-11+/t10-/m0/s1. The van der Waals surface area contributed by atoms with Gasteiger partial charge in [0, 0.05) is 15.5 Å². The minimum atomic E-state index is -0.220. The Morgan fingerprint density at radius 1 is 1.42 bits per heavy atom. The van der Waals surface area contributed by atoms with Crippen molar-refractivity contribution >= 4 is 34.6 Å². The molecule has 1 heterocycles. The summed E-state index contributed by atoms with van der Waals surface area (Å²) in [4.78, 5) is 14.3. The Morgan fingerprint density at radius 3 is 3.00 bits per heavy atom. The van der Waals surface area contributed by atoms with Crippen LogP contribution < -0.4 is 5.43 Å². The normalized spacial score (nSPS) is 17.5. The van der Waals surface area contributed by atoms with Gasteiger partial charge >= 0.3 is 0 Å². The average molecular weight is 363 g/mol. The number of carbonyl (C=O) groups excluding carboxylic acids is 1. The van der Waals surface area contributed by atoms with Crippen molar-refractivity contribution in [1.29, 1.82) is 0 Å². The summed E-state index contributed by atoms with van der Waals surface area (Å²) in [7, 11) is 0. The third kappa shape index (κ3) is 3.62. The van der Waals surface area contributed by atoms with E-state index in [0.717, 1.165) is 12.8 Å². The third-order valence-corrected chi connectivity index (χ3v) is 5.70. The quantitative estimate of drug-likeness (QED) is 0.628. The number of aryl methyl sites for hydroxylation is 1. The molecule has 0 saturated carbocycles. The zero-order valence-electron chi connectivity index (χ0n) is 13.6. The Labute approximate surface area is 150 Å². The summed E-state index contributed by atoms with van der Waals surface area (Å²) >= 11 is 7.48. The number of hydrogen-bond acceptors (Lipinski definition) is 4. The van der Waals surface area contributed by atoms with Crippen LogP contribution in [0.25, 0.3) is 0 Å². The van der Waals surface area contributed by atoms with Crippen molar-refractivity contribution in [2.24, 2.45) is 11.0 Å². The molecule has 0 spiro atoms. The van der Waals surface area contributed by atoms with Crippen molar-refractivity contribution in [3.8, 4) is 5.75 Å². The molecule has 2 aromatic rings. The van der Waals surface area contributed by atoms with Gasteiger partial charge in [0.05, 0.1) is 10.6 Å². The van der Waals surface area contributed by atoms with E-state index in [9.17, 15) is 9.90 Å². The summed E-state index contributed by atoms with van der Waals surface area (Å²) in [5.74, 6) is 0.535. The third-order valence-electron chi connectivity index (χ3n) is 4.23. The van der Waals surface area contributed by atoms with Crippen molar-refractivity contribution in [2.75, 3.05) is 0 Å². The molecule has 0 bridgehead atoms. The summed E-state index contributed by atoms with van der Waals surface area (Å²) in [5, 5.41) is 14.5. The smallest absolute Gasteiger partial charge is 0.281 e. The molecule has 6 heteroatoms. The first-order valence-corrected chi connectivity index (χ1v) is 9.08. The molecule has 4 nitrogen and oxygen atoms in total. The maximum absolute atomic E-state index is 12.3. The van der Waals surface area contributed by atoms with E-state index >= 15 is 0 Å². The lowest BCUT2D eigenvalue weighted by Crippen LogP contribution is -2.18. The van der Waals surface area contributed by atoms with E-state index in [4.69, 9.17) is 11.6 Å². The van der Waals surface area contributed by atoms with Crippen LogP contribution in [0.5, 0.6) is 5.75 Å². The van der Waals surface area contributed by atoms with Crippen molar-refractivity contribution in [2.45, 2.75) is 33.1 Å². The van der Waals surface area contributed by atoms with Crippen LogP contribution in [0.1, 0.15) is 45.9 Å². The van der Waals surface area contributed by atoms with E-state index < -0.39 is 0 Å². The van der Waals surface area contributed by atoms with E-state index in [1.165, 1.54) is 22.9 Å². The SMILES string of the molecule is C/C(=N\NC(=O)c1cc2c(s1)CC[C@H](C)C2)c1cc(Cl)ccc1O. The van der Waals surface area contributed by atoms with E-state index in [0.29, 0.717) is 27.1 Å². The number of fused-ring (bicyclic) bond motifs is 1. The first-order chi connectivity index (χ1) is 11.4. The highest BCUT2D eigenvalue weighted by molar-refractivity contribution is 7.14. The molecule has 0 fully saturated rings. The average Bonchev–Trinajstić information content (AvgIpc) is 2.97. The molecule has 2 N–H and O–H groups in total. The number of hydrogen-bond donors (Lipinski definition) is 2. The van der Waals surface area contributed by atoms with Gasteiger partial charge in [-0.05, 0) is 61.9 Å². The summed E-state index contributed by atoms with van der Waals surface area (Å²) < 4.78 is 0. The molecule has 0 aliphatic heterocycles. The summed E-state index contributed by atoms with van der Waals surface area (Å²) in [6.07, 6.45) is 3.27. The Morgan fingerprint density at radius 2 is 2.21 bits per heavy atom. The maximum Gasteiger partial charge on any atom is 0.281 e. The van der Waals surface area contributed by atoms with Gasteiger partial charge in [0.1, 0.15) is 5.75 Å². The topological polar surface area (TPSA) is 61.7 Å². The lowest BCUT2D eigenvalue weighted by Gasteiger charge is -2.16. The van der Waals surface area contributed by atoms with E-state index in [1.807, 2.05) is 6.07 Å². The van der Waals surface area contributed by atoms with Crippen LogP contribution in [0, 0.1) is 5.92 Å². The van der Waals surface area contributed by atoms with Crippen molar-refractivity contribution in [3.63, 3.8) is 0 Å². The number of carbonyl (C=O) groups is 1. The fraction of sp³-hybridized carbons (Fsp3) is 0.333. The molecular weight excluding hydrogens is 344 g/mol. The number of nitrogens with one attached hydrogen (secondary N) is 1. The second kappa shape index (κ2) is 6.95. The number of amides is 1. The van der Waals surface area contributed by atoms with Gasteiger partial charge in [0.15, 0.2) is 0 Å². The second-order valence-electron chi connectivity index (χ2n) is 6.21. The molecule has 0 saturated heterocycles. The Balaban J connectivity index is 1.74. The van der Waals surface area contributed by atoms with Crippen LogP contribution in [0.4, 0.5) is 0 Å². The number of aromatic hydroxyl groups is 1. The Kier molecular flexibility index (Phi) is 4.92. The van der Waals surface area contributed by atoms with E-state index in [-0.39, 0.29) is 11.7 Å². The van der Waals surface area contributed by atoms with E-state index in [1.54, 1.807) is 30.4 Å². The number of halogens is 1. The van der Waals surface area contributed by atoms with E-state index in [2.05, 4.69) is 17.5 Å². The van der Waals surface area contributed by atoms with Gasteiger partial charge in [0.25, 0.3) is 5.91 Å². The number of nitrogens with zero attached hydrogens (tertiary/aromatic N) is 1. The molecule has 0 unspecified atom stereocenters. The number of rotatable bonds is 3. The first-order valence-electron chi connectivity index (χ1n) is 7.89. The molecule has 1 aromatic carbocycles. The molecule has 1 aliphatic rings. The number of phenolic OH excluding ortho intramolecular Hbond substituents is 1. The summed E-state index contributed by atoms with van der Waals surface area (Å²) in [6, 6.07) is 6.70. The van der Waals surface area contributed by atoms with Crippen LogP contribution in [0.15, 0.2) is 29.4 Å². The van der Waals surface area contributed by atoms with Gasteiger partial charge in [-0.3, -0.25) is 4.79 Å². The lowest BCUT2D eigenvalue weighted by atomic mass is 9.90. The fourth-order valence-electron chi connectivity index (χ4n) is 2.87.